The van der Waals surface area contributed by atoms with Crippen molar-refractivity contribution >= 4 is 12.0 Å². The fourth-order valence-electron chi connectivity index (χ4n) is 2.57. The van der Waals surface area contributed by atoms with Crippen molar-refractivity contribution < 1.29 is 19.4 Å². The maximum atomic E-state index is 12.5. The highest BCUT2D eigenvalue weighted by atomic mass is 16.6. The van der Waals surface area contributed by atoms with Crippen molar-refractivity contribution in [2.75, 3.05) is 6.54 Å². The molecule has 1 aliphatic rings. The van der Waals surface area contributed by atoms with E-state index in [4.69, 9.17) is 4.74 Å². The van der Waals surface area contributed by atoms with Gasteiger partial charge in [0.2, 0.25) is 5.91 Å². The zero-order valence-corrected chi connectivity index (χ0v) is 14.5. The number of aliphatic hydroxyl groups is 1. The first-order valence-electron chi connectivity index (χ1n) is 8.28. The number of nitrogens with one attached hydrogen (secondary N) is 1. The summed E-state index contributed by atoms with van der Waals surface area (Å²) < 4.78 is 5.33. The first-order chi connectivity index (χ1) is 11.3. The van der Waals surface area contributed by atoms with Crippen LogP contribution in [0.2, 0.25) is 0 Å². The lowest BCUT2D eigenvalue weighted by Gasteiger charge is -2.32. The van der Waals surface area contributed by atoms with Crippen molar-refractivity contribution in [3.63, 3.8) is 0 Å². The molecular formula is C18H26N2O4. The second-order valence-electron chi connectivity index (χ2n) is 6.78. The third-order valence-electron chi connectivity index (χ3n) is 4.48. The molecule has 1 unspecified atom stereocenters. The molecule has 6 nitrogen and oxygen atoms in total. The minimum absolute atomic E-state index is 0.184. The van der Waals surface area contributed by atoms with Crippen LogP contribution in [-0.4, -0.2) is 46.2 Å². The molecular weight excluding hydrogens is 308 g/mol. The summed E-state index contributed by atoms with van der Waals surface area (Å²) in [4.78, 5) is 26.3. The lowest BCUT2D eigenvalue weighted by molar-refractivity contribution is -0.128. The molecule has 0 spiro atoms. The Hall–Kier alpha value is -2.08. The summed E-state index contributed by atoms with van der Waals surface area (Å²) in [6, 6.07) is 8.88. The molecule has 0 radical (unpaired) electrons. The first kappa shape index (κ1) is 18.3. The van der Waals surface area contributed by atoms with Gasteiger partial charge in [0.05, 0.1) is 11.6 Å². The third-order valence-corrected chi connectivity index (χ3v) is 4.48. The van der Waals surface area contributed by atoms with E-state index < -0.39 is 23.8 Å². The fraction of sp³-hybridized carbons (Fsp3) is 0.556. The third kappa shape index (κ3) is 4.47. The van der Waals surface area contributed by atoms with E-state index in [2.05, 4.69) is 5.32 Å². The molecule has 1 heterocycles. The molecule has 2 atom stereocenters. The van der Waals surface area contributed by atoms with Crippen molar-refractivity contribution in [2.24, 2.45) is 0 Å². The maximum absolute atomic E-state index is 12.5. The second-order valence-corrected chi connectivity index (χ2v) is 6.78. The lowest BCUT2D eigenvalue weighted by Crippen LogP contribution is -2.56. The van der Waals surface area contributed by atoms with E-state index in [1.807, 2.05) is 30.3 Å². The normalized spacial score (nSPS) is 19.0. The molecule has 0 aliphatic carbocycles. The Kier molecular flexibility index (Phi) is 5.83. The van der Waals surface area contributed by atoms with Gasteiger partial charge >= 0.3 is 6.09 Å². The van der Waals surface area contributed by atoms with Crippen LogP contribution in [-0.2, 0) is 16.1 Å². The summed E-state index contributed by atoms with van der Waals surface area (Å²) in [7, 11) is 0. The van der Waals surface area contributed by atoms with Gasteiger partial charge in [0.15, 0.2) is 0 Å². The number of ether oxygens (including phenoxy) is 1. The molecule has 6 heteroatoms. The highest BCUT2D eigenvalue weighted by Gasteiger charge is 2.38. The van der Waals surface area contributed by atoms with E-state index in [0.29, 0.717) is 13.0 Å². The predicted octanol–water partition coefficient (Wildman–Crippen LogP) is 2.06. The Bertz CT molecular complexity index is 572. The van der Waals surface area contributed by atoms with Crippen LogP contribution >= 0.6 is 0 Å². The molecule has 0 saturated carbocycles. The summed E-state index contributed by atoms with van der Waals surface area (Å²) in [6.45, 7) is 5.82. The highest BCUT2D eigenvalue weighted by molar-refractivity contribution is 5.86. The highest BCUT2D eigenvalue weighted by Crippen LogP contribution is 2.20. The van der Waals surface area contributed by atoms with Gasteiger partial charge in [-0.2, -0.15) is 0 Å². The van der Waals surface area contributed by atoms with Crippen molar-refractivity contribution in [1.29, 1.82) is 0 Å². The van der Waals surface area contributed by atoms with Crippen LogP contribution in [0.15, 0.2) is 30.3 Å². The smallest absolute Gasteiger partial charge is 0.410 e. The van der Waals surface area contributed by atoms with E-state index in [0.717, 1.165) is 12.0 Å². The number of likely N-dealkylation sites (tertiary alicyclic amines) is 1. The molecule has 24 heavy (non-hydrogen) atoms. The number of hydrogen-bond acceptors (Lipinski definition) is 4. The van der Waals surface area contributed by atoms with Crippen LogP contribution in [0.5, 0.6) is 0 Å². The average Bonchev–Trinajstić information content (AvgIpc) is 3.03. The zero-order valence-electron chi connectivity index (χ0n) is 14.5. The standard InChI is InChI=1S/C18H26N2O4/c1-13(21)18(2,3)19-16(22)15-10-7-11-20(15)17(23)24-12-14-8-5-4-6-9-14/h4-6,8-9,13,15,21H,7,10-12H2,1-3H3,(H,19,22)/t13?,15-/m0/s1. The van der Waals surface area contributed by atoms with E-state index in [1.165, 1.54) is 4.90 Å². The molecule has 1 saturated heterocycles. The van der Waals surface area contributed by atoms with Gasteiger partial charge in [0.1, 0.15) is 12.6 Å². The van der Waals surface area contributed by atoms with Crippen molar-refractivity contribution in [3.8, 4) is 0 Å². The number of hydrogen-bond donors (Lipinski definition) is 2. The minimum Gasteiger partial charge on any atom is -0.445 e. The Labute approximate surface area is 142 Å². The summed E-state index contributed by atoms with van der Waals surface area (Å²) in [6.07, 6.45) is 0.184. The van der Waals surface area contributed by atoms with Gasteiger partial charge < -0.3 is 15.2 Å². The Morgan fingerprint density at radius 2 is 2.04 bits per heavy atom. The molecule has 0 aromatic heterocycles. The minimum atomic E-state index is -0.751. The quantitative estimate of drug-likeness (QED) is 0.864. The Balaban J connectivity index is 1.94. The second kappa shape index (κ2) is 7.66. The van der Waals surface area contributed by atoms with Crippen LogP contribution in [0.4, 0.5) is 4.79 Å². The SMILES string of the molecule is CC(O)C(C)(C)NC(=O)[C@@H]1CCCN1C(=O)OCc1ccccc1. The van der Waals surface area contributed by atoms with Crippen LogP contribution in [0, 0.1) is 0 Å². The average molecular weight is 334 g/mol. The Morgan fingerprint density at radius 1 is 1.38 bits per heavy atom. The number of amides is 2. The number of carbonyl (C=O) groups is 2. The van der Waals surface area contributed by atoms with E-state index in [9.17, 15) is 14.7 Å². The number of aliphatic hydroxyl groups excluding tert-OH is 1. The number of nitrogens with zero attached hydrogens (tertiary/aromatic N) is 1. The predicted molar refractivity (Wildman–Crippen MR) is 90.3 cm³/mol. The molecule has 1 aliphatic heterocycles. The summed E-state index contributed by atoms with van der Waals surface area (Å²) in [5.74, 6) is -0.255. The van der Waals surface area contributed by atoms with E-state index in [-0.39, 0.29) is 12.5 Å². The van der Waals surface area contributed by atoms with Crippen molar-refractivity contribution in [1.82, 2.24) is 10.2 Å². The molecule has 2 N–H and O–H groups in total. The molecule has 0 bridgehead atoms. The van der Waals surface area contributed by atoms with Gasteiger partial charge in [-0.1, -0.05) is 30.3 Å². The fourth-order valence-corrected chi connectivity index (χ4v) is 2.57. The van der Waals surface area contributed by atoms with Gasteiger partial charge in [0.25, 0.3) is 0 Å². The van der Waals surface area contributed by atoms with Crippen LogP contribution in [0.3, 0.4) is 0 Å². The van der Waals surface area contributed by atoms with Gasteiger partial charge in [-0.25, -0.2) is 4.79 Å². The zero-order chi connectivity index (χ0) is 17.7. The molecule has 1 aromatic carbocycles. The lowest BCUT2D eigenvalue weighted by atomic mass is 9.98. The molecule has 1 fully saturated rings. The number of rotatable bonds is 5. The summed E-state index contributed by atoms with van der Waals surface area (Å²) in [5.41, 5.74) is 0.153. The molecule has 2 amide bonds. The summed E-state index contributed by atoms with van der Waals surface area (Å²) in [5, 5.41) is 12.6. The Morgan fingerprint density at radius 3 is 2.67 bits per heavy atom. The number of benzene rings is 1. The first-order valence-corrected chi connectivity index (χ1v) is 8.28. The van der Waals surface area contributed by atoms with Crippen LogP contribution < -0.4 is 5.32 Å². The largest absolute Gasteiger partial charge is 0.445 e. The van der Waals surface area contributed by atoms with Crippen molar-refractivity contribution in [3.05, 3.63) is 35.9 Å². The molecule has 132 valence electrons. The monoisotopic (exact) mass is 334 g/mol. The number of carbonyl (C=O) groups excluding carboxylic acids is 2. The topological polar surface area (TPSA) is 78.9 Å². The molecule has 1 aromatic rings. The maximum Gasteiger partial charge on any atom is 0.410 e. The van der Waals surface area contributed by atoms with Crippen LogP contribution in [0.25, 0.3) is 0 Å². The van der Waals surface area contributed by atoms with Crippen LogP contribution in [0.1, 0.15) is 39.2 Å². The van der Waals surface area contributed by atoms with Gasteiger partial charge in [0, 0.05) is 6.54 Å². The molecule has 2 rings (SSSR count). The van der Waals surface area contributed by atoms with Gasteiger partial charge in [-0.05, 0) is 39.2 Å². The summed E-state index contributed by atoms with van der Waals surface area (Å²) >= 11 is 0. The van der Waals surface area contributed by atoms with E-state index >= 15 is 0 Å². The van der Waals surface area contributed by atoms with Gasteiger partial charge in [-0.3, -0.25) is 9.69 Å². The van der Waals surface area contributed by atoms with Crippen molar-refractivity contribution in [2.45, 2.75) is 57.9 Å². The van der Waals surface area contributed by atoms with Gasteiger partial charge in [-0.15, -0.1) is 0 Å². The van der Waals surface area contributed by atoms with E-state index in [1.54, 1.807) is 20.8 Å².